The lowest BCUT2D eigenvalue weighted by atomic mass is 10.2. The summed E-state index contributed by atoms with van der Waals surface area (Å²) >= 11 is 0. The maximum absolute atomic E-state index is 12.4. The highest BCUT2D eigenvalue weighted by Crippen LogP contribution is 2.16. The van der Waals surface area contributed by atoms with E-state index in [1.807, 2.05) is 53.5 Å². The normalized spacial score (nSPS) is 24.6. The second-order valence-corrected chi connectivity index (χ2v) is 2.62. The Bertz CT molecular complexity index is 76.4. The highest BCUT2D eigenvalue weighted by atomic mass is 19.1. The third-order valence-electron chi connectivity index (χ3n) is 1.84. The minimum absolute atomic E-state index is 0.449. The maximum atomic E-state index is 12.4. The van der Waals surface area contributed by atoms with Gasteiger partial charge >= 0.3 is 0 Å². The minimum Gasteiger partial charge on any atom is -0.301 e. The van der Waals surface area contributed by atoms with Crippen molar-refractivity contribution in [1.29, 1.82) is 0 Å². The Morgan fingerprint density at radius 2 is 1.36 bits per heavy atom. The highest BCUT2D eigenvalue weighted by Gasteiger charge is 2.24. The fraction of sp³-hybridized carbons (Fsp3) is 1.00. The number of rotatable bonds is 0. The number of halogens is 1. The first-order valence-corrected chi connectivity index (χ1v) is 6.04. The van der Waals surface area contributed by atoms with Crippen LogP contribution < -0.4 is 0 Å². The standard InChI is InChI=1S/C6H12FN.3C2H6/c1-5-3-6(7)4-8(5)2;3*1-2/h5-6H,3-4H2,1-2H3;3*1-2H3. The quantitative estimate of drug-likeness (QED) is 0.577. The van der Waals surface area contributed by atoms with Crippen molar-refractivity contribution < 1.29 is 4.39 Å². The summed E-state index contributed by atoms with van der Waals surface area (Å²) < 4.78 is 12.4. The van der Waals surface area contributed by atoms with E-state index in [0.717, 1.165) is 6.42 Å². The third-order valence-corrected chi connectivity index (χ3v) is 1.84. The Hall–Kier alpha value is -0.110. The van der Waals surface area contributed by atoms with Crippen LogP contribution in [0.3, 0.4) is 0 Å². The molecule has 14 heavy (non-hydrogen) atoms. The number of likely N-dealkylation sites (tertiary alicyclic amines) is 1. The monoisotopic (exact) mass is 207 g/mol. The lowest BCUT2D eigenvalue weighted by Crippen LogP contribution is -2.21. The first-order valence-electron chi connectivity index (χ1n) is 6.04. The molecule has 2 atom stereocenters. The Morgan fingerprint density at radius 3 is 1.43 bits per heavy atom. The summed E-state index contributed by atoms with van der Waals surface area (Å²) in [7, 11) is 1.96. The zero-order valence-electron chi connectivity index (χ0n) is 11.4. The molecule has 2 heteroatoms. The van der Waals surface area contributed by atoms with Gasteiger partial charge in [0.15, 0.2) is 0 Å². The average Bonchev–Trinajstić information content (AvgIpc) is 2.53. The van der Waals surface area contributed by atoms with Crippen LogP contribution in [-0.4, -0.2) is 30.7 Å². The molecule has 0 saturated carbocycles. The highest BCUT2D eigenvalue weighted by molar-refractivity contribution is 4.79. The smallest absolute Gasteiger partial charge is 0.114 e. The van der Waals surface area contributed by atoms with Gasteiger partial charge in [-0.3, -0.25) is 0 Å². The fourth-order valence-electron chi connectivity index (χ4n) is 1.12. The van der Waals surface area contributed by atoms with Crippen molar-refractivity contribution in [3.05, 3.63) is 0 Å². The van der Waals surface area contributed by atoms with Crippen molar-refractivity contribution in [2.75, 3.05) is 13.6 Å². The van der Waals surface area contributed by atoms with Crippen molar-refractivity contribution in [2.24, 2.45) is 0 Å². The second kappa shape index (κ2) is 15.4. The van der Waals surface area contributed by atoms with Gasteiger partial charge in [-0.2, -0.15) is 0 Å². The van der Waals surface area contributed by atoms with Crippen LogP contribution in [0.4, 0.5) is 4.39 Å². The van der Waals surface area contributed by atoms with E-state index >= 15 is 0 Å². The lowest BCUT2D eigenvalue weighted by molar-refractivity contribution is 0.303. The predicted molar refractivity (Wildman–Crippen MR) is 65.6 cm³/mol. The summed E-state index contributed by atoms with van der Waals surface area (Å²) in [5, 5.41) is 0. The van der Waals surface area contributed by atoms with Crippen LogP contribution in [0.2, 0.25) is 0 Å². The van der Waals surface area contributed by atoms with Gasteiger partial charge in [0.1, 0.15) is 6.17 Å². The van der Waals surface area contributed by atoms with Gasteiger partial charge in [0.25, 0.3) is 0 Å². The van der Waals surface area contributed by atoms with E-state index in [4.69, 9.17) is 0 Å². The van der Waals surface area contributed by atoms with Crippen molar-refractivity contribution in [3.8, 4) is 0 Å². The molecule has 1 aliphatic heterocycles. The summed E-state index contributed by atoms with van der Waals surface area (Å²) in [6, 6.07) is 0.449. The maximum Gasteiger partial charge on any atom is 0.114 e. The fourth-order valence-corrected chi connectivity index (χ4v) is 1.12. The van der Waals surface area contributed by atoms with Crippen LogP contribution in [0.1, 0.15) is 54.9 Å². The SMILES string of the molecule is CC.CC.CC.CC1CC(F)CN1C. The number of nitrogens with zero attached hydrogens (tertiary/aromatic N) is 1. The lowest BCUT2D eigenvalue weighted by Gasteiger charge is -2.11. The molecule has 90 valence electrons. The number of alkyl halides is 1. The predicted octanol–water partition coefficient (Wildman–Crippen LogP) is 4.13. The van der Waals surface area contributed by atoms with E-state index in [-0.39, 0.29) is 0 Å². The molecule has 0 radical (unpaired) electrons. The molecule has 1 heterocycles. The average molecular weight is 207 g/mol. The molecule has 1 saturated heterocycles. The van der Waals surface area contributed by atoms with Crippen molar-refractivity contribution >= 4 is 0 Å². The van der Waals surface area contributed by atoms with Gasteiger partial charge in [-0.1, -0.05) is 41.5 Å². The van der Waals surface area contributed by atoms with E-state index in [0.29, 0.717) is 12.6 Å². The Balaban J connectivity index is -0.000000174. The zero-order valence-corrected chi connectivity index (χ0v) is 11.4. The summed E-state index contributed by atoms with van der Waals surface area (Å²) in [5.74, 6) is 0. The molecular weight excluding hydrogens is 177 g/mol. The molecule has 1 nitrogen and oxygen atoms in total. The van der Waals surface area contributed by atoms with Crippen LogP contribution in [0.15, 0.2) is 0 Å². The second-order valence-electron chi connectivity index (χ2n) is 2.62. The number of hydrogen-bond donors (Lipinski definition) is 0. The Kier molecular flexibility index (Phi) is 21.4. The summed E-state index contributed by atoms with van der Waals surface area (Å²) in [4.78, 5) is 2.05. The molecular formula is C12H30FN. The molecule has 0 bridgehead atoms. The Labute approximate surface area is 90.7 Å². The number of hydrogen-bond acceptors (Lipinski definition) is 1. The molecule has 0 aliphatic carbocycles. The van der Waals surface area contributed by atoms with Gasteiger partial charge < -0.3 is 4.90 Å². The van der Waals surface area contributed by atoms with E-state index < -0.39 is 6.17 Å². The molecule has 0 aromatic rings. The first-order chi connectivity index (χ1) is 6.70. The van der Waals surface area contributed by atoms with Gasteiger partial charge in [0.05, 0.1) is 0 Å². The molecule has 0 aromatic heterocycles. The van der Waals surface area contributed by atoms with Crippen molar-refractivity contribution in [3.63, 3.8) is 0 Å². The molecule has 0 N–H and O–H groups in total. The molecule has 0 spiro atoms. The van der Waals surface area contributed by atoms with Crippen LogP contribution in [0, 0.1) is 0 Å². The van der Waals surface area contributed by atoms with Crippen LogP contribution in [0.25, 0.3) is 0 Å². The zero-order chi connectivity index (χ0) is 12.1. The van der Waals surface area contributed by atoms with Gasteiger partial charge in [-0.05, 0) is 20.4 Å². The van der Waals surface area contributed by atoms with E-state index in [1.54, 1.807) is 0 Å². The van der Waals surface area contributed by atoms with E-state index in [9.17, 15) is 4.39 Å². The van der Waals surface area contributed by atoms with Crippen LogP contribution in [0.5, 0.6) is 0 Å². The Morgan fingerprint density at radius 1 is 1.00 bits per heavy atom. The first kappa shape index (κ1) is 19.5. The molecule has 0 amide bonds. The minimum atomic E-state index is -0.574. The van der Waals surface area contributed by atoms with Gasteiger partial charge in [-0.25, -0.2) is 4.39 Å². The van der Waals surface area contributed by atoms with Gasteiger partial charge in [0.2, 0.25) is 0 Å². The topological polar surface area (TPSA) is 3.24 Å². The largest absolute Gasteiger partial charge is 0.301 e. The van der Waals surface area contributed by atoms with Crippen LogP contribution in [-0.2, 0) is 0 Å². The van der Waals surface area contributed by atoms with E-state index in [1.165, 1.54) is 0 Å². The summed E-state index contributed by atoms with van der Waals surface area (Å²) in [6.45, 7) is 14.7. The summed E-state index contributed by atoms with van der Waals surface area (Å²) in [5.41, 5.74) is 0. The molecule has 1 aliphatic rings. The van der Waals surface area contributed by atoms with E-state index in [2.05, 4.69) is 6.92 Å². The van der Waals surface area contributed by atoms with Crippen LogP contribution >= 0.6 is 0 Å². The molecule has 1 rings (SSSR count). The van der Waals surface area contributed by atoms with Crippen molar-refractivity contribution in [2.45, 2.75) is 67.1 Å². The molecule has 2 unspecified atom stereocenters. The van der Waals surface area contributed by atoms with Gasteiger partial charge in [-0.15, -0.1) is 0 Å². The van der Waals surface area contributed by atoms with Crippen molar-refractivity contribution in [1.82, 2.24) is 4.90 Å². The van der Waals surface area contributed by atoms with Gasteiger partial charge in [0, 0.05) is 12.6 Å². The third kappa shape index (κ3) is 9.97. The summed E-state index contributed by atoms with van der Waals surface area (Å²) in [6.07, 6.45) is 0.145. The molecule has 1 fully saturated rings. The molecule has 0 aromatic carbocycles.